The number of hydrogen-bond donors (Lipinski definition) is 1. The zero-order valence-corrected chi connectivity index (χ0v) is 10.8. The highest BCUT2D eigenvalue weighted by Gasteiger charge is 2.21. The molecule has 3 rings (SSSR count). The van der Waals surface area contributed by atoms with Crippen molar-refractivity contribution in [1.82, 2.24) is 15.5 Å². The molecule has 0 saturated heterocycles. The van der Waals surface area contributed by atoms with Crippen molar-refractivity contribution in [2.75, 3.05) is 18.8 Å². The molecule has 0 fully saturated rings. The largest absolute Gasteiger partial charge is 0.343 e. The maximum Gasteiger partial charge on any atom is 0.213 e. The Morgan fingerprint density at radius 1 is 1.39 bits per heavy atom. The average molecular weight is 261 g/mol. The summed E-state index contributed by atoms with van der Waals surface area (Å²) in [5.74, 6) is 2.56. The second-order valence-corrected chi connectivity index (χ2v) is 5.41. The number of nitrogens with zero attached hydrogens (tertiary/aromatic N) is 2. The van der Waals surface area contributed by atoms with Gasteiger partial charge in [-0.1, -0.05) is 23.4 Å². The second kappa shape index (κ2) is 5.54. The molecule has 0 amide bonds. The highest BCUT2D eigenvalue weighted by molar-refractivity contribution is 7.99. The number of benzene rings is 1. The molecule has 5 heteroatoms. The van der Waals surface area contributed by atoms with Crippen molar-refractivity contribution in [2.45, 2.75) is 17.2 Å². The van der Waals surface area contributed by atoms with Gasteiger partial charge in [0.25, 0.3) is 0 Å². The van der Waals surface area contributed by atoms with E-state index in [2.05, 4.69) is 39.7 Å². The molecular formula is C13H15N3OS. The number of nitrogens with one attached hydrogen (secondary N) is 1. The molecule has 1 aromatic carbocycles. The molecule has 2 aromatic rings. The number of hydrogen-bond acceptors (Lipinski definition) is 5. The molecule has 1 aliphatic rings. The molecular weight excluding hydrogens is 246 g/mol. The normalized spacial score (nSPS) is 17.9. The van der Waals surface area contributed by atoms with Crippen LogP contribution in [0.5, 0.6) is 0 Å². The molecule has 1 atom stereocenters. The van der Waals surface area contributed by atoms with Gasteiger partial charge in [-0.05, 0) is 11.6 Å². The lowest BCUT2D eigenvalue weighted by atomic mass is 10.0. The second-order valence-electron chi connectivity index (χ2n) is 4.35. The van der Waals surface area contributed by atoms with Crippen LogP contribution >= 0.6 is 11.8 Å². The predicted octanol–water partition coefficient (Wildman–Crippen LogP) is 2.09. The molecule has 94 valence electrons. The quantitative estimate of drug-likeness (QED) is 0.835. The summed E-state index contributed by atoms with van der Waals surface area (Å²) in [6.07, 6.45) is 2.19. The van der Waals surface area contributed by atoms with Crippen LogP contribution in [0, 0.1) is 0 Å². The first-order valence-electron chi connectivity index (χ1n) is 6.11. The Labute approximate surface area is 110 Å². The third-order valence-electron chi connectivity index (χ3n) is 3.12. The minimum absolute atomic E-state index is 0.622. The Balaban J connectivity index is 1.47. The Hall–Kier alpha value is -1.33. The maximum atomic E-state index is 4.70. The smallest absolute Gasteiger partial charge is 0.213 e. The van der Waals surface area contributed by atoms with Crippen molar-refractivity contribution in [3.8, 4) is 0 Å². The van der Waals surface area contributed by atoms with Crippen molar-refractivity contribution >= 4 is 11.8 Å². The minimum Gasteiger partial charge on any atom is -0.343 e. The first kappa shape index (κ1) is 11.7. The lowest BCUT2D eigenvalue weighted by Gasteiger charge is -2.11. The monoisotopic (exact) mass is 261 g/mol. The van der Waals surface area contributed by atoms with Crippen molar-refractivity contribution < 1.29 is 4.52 Å². The predicted molar refractivity (Wildman–Crippen MR) is 70.8 cm³/mol. The van der Waals surface area contributed by atoms with Gasteiger partial charge < -0.3 is 9.84 Å². The zero-order valence-electron chi connectivity index (χ0n) is 10.0. The lowest BCUT2D eigenvalue weighted by Crippen LogP contribution is -2.24. The minimum atomic E-state index is 0.622. The Morgan fingerprint density at radius 3 is 3.22 bits per heavy atom. The summed E-state index contributed by atoms with van der Waals surface area (Å²) in [5, 5.41) is 7.26. The van der Waals surface area contributed by atoms with E-state index in [9.17, 15) is 0 Å². The first-order valence-corrected chi connectivity index (χ1v) is 7.10. The van der Waals surface area contributed by atoms with E-state index in [0.717, 1.165) is 25.3 Å². The summed E-state index contributed by atoms with van der Waals surface area (Å²) in [6, 6.07) is 8.68. The molecule has 0 aliphatic carbocycles. The van der Waals surface area contributed by atoms with Gasteiger partial charge in [0.2, 0.25) is 6.39 Å². The van der Waals surface area contributed by atoms with E-state index in [1.807, 2.05) is 11.8 Å². The Morgan fingerprint density at radius 2 is 2.33 bits per heavy atom. The molecule has 1 N–H and O–H groups in total. The van der Waals surface area contributed by atoms with Gasteiger partial charge in [0, 0.05) is 36.1 Å². The summed E-state index contributed by atoms with van der Waals surface area (Å²) in [6.45, 7) is 1.91. The molecule has 0 radical (unpaired) electrons. The standard InChI is InChI=1S/C13H15N3OS/c1-2-4-12-11(3-1)10(8-18-12)7-14-6-5-13-15-9-17-16-13/h1-4,9-10,14H,5-8H2. The first-order chi connectivity index (χ1) is 8.93. The van der Waals surface area contributed by atoms with E-state index in [-0.39, 0.29) is 0 Å². The van der Waals surface area contributed by atoms with Crippen LogP contribution in [0.1, 0.15) is 17.3 Å². The number of thioether (sulfide) groups is 1. The summed E-state index contributed by atoms with van der Waals surface area (Å²) in [4.78, 5) is 5.43. The maximum absolute atomic E-state index is 4.70. The van der Waals surface area contributed by atoms with E-state index in [1.54, 1.807) is 0 Å². The van der Waals surface area contributed by atoms with E-state index >= 15 is 0 Å². The van der Waals surface area contributed by atoms with E-state index in [1.165, 1.54) is 22.6 Å². The summed E-state index contributed by atoms with van der Waals surface area (Å²) >= 11 is 1.95. The topological polar surface area (TPSA) is 51.0 Å². The molecule has 18 heavy (non-hydrogen) atoms. The average Bonchev–Trinajstić information content (AvgIpc) is 3.04. The van der Waals surface area contributed by atoms with Crippen LogP contribution in [0.15, 0.2) is 40.1 Å². The van der Waals surface area contributed by atoms with Crippen molar-refractivity contribution in [3.63, 3.8) is 0 Å². The van der Waals surface area contributed by atoms with Crippen LogP contribution < -0.4 is 5.32 Å². The number of aromatic nitrogens is 2. The van der Waals surface area contributed by atoms with Gasteiger partial charge in [-0.15, -0.1) is 11.8 Å². The highest BCUT2D eigenvalue weighted by Crippen LogP contribution is 2.38. The van der Waals surface area contributed by atoms with Crippen LogP contribution in [-0.4, -0.2) is 29.0 Å². The Bertz CT molecular complexity index is 501. The Kier molecular flexibility index (Phi) is 3.61. The molecule has 1 unspecified atom stereocenters. The van der Waals surface area contributed by atoms with Gasteiger partial charge in [0.1, 0.15) is 0 Å². The molecule has 1 aromatic heterocycles. The van der Waals surface area contributed by atoms with E-state index in [0.29, 0.717) is 5.92 Å². The van der Waals surface area contributed by atoms with Crippen molar-refractivity contribution in [1.29, 1.82) is 0 Å². The van der Waals surface area contributed by atoms with Crippen LogP contribution in [0.4, 0.5) is 0 Å². The molecule has 0 spiro atoms. The van der Waals surface area contributed by atoms with Crippen LogP contribution in [-0.2, 0) is 6.42 Å². The van der Waals surface area contributed by atoms with Gasteiger partial charge in [-0.2, -0.15) is 4.98 Å². The van der Waals surface area contributed by atoms with Crippen molar-refractivity contribution in [2.24, 2.45) is 0 Å². The van der Waals surface area contributed by atoms with Gasteiger partial charge in [0.05, 0.1) is 0 Å². The molecule has 2 heterocycles. The molecule has 1 aliphatic heterocycles. The van der Waals surface area contributed by atoms with Gasteiger partial charge in [-0.25, -0.2) is 0 Å². The summed E-state index contributed by atoms with van der Waals surface area (Å²) in [5.41, 5.74) is 1.48. The zero-order chi connectivity index (χ0) is 12.2. The third kappa shape index (κ3) is 2.57. The van der Waals surface area contributed by atoms with Crippen LogP contribution in [0.2, 0.25) is 0 Å². The summed E-state index contributed by atoms with van der Waals surface area (Å²) in [7, 11) is 0. The van der Waals surface area contributed by atoms with E-state index < -0.39 is 0 Å². The number of fused-ring (bicyclic) bond motifs is 1. The summed E-state index contributed by atoms with van der Waals surface area (Å²) < 4.78 is 4.70. The van der Waals surface area contributed by atoms with Crippen LogP contribution in [0.25, 0.3) is 0 Å². The highest BCUT2D eigenvalue weighted by atomic mass is 32.2. The van der Waals surface area contributed by atoms with Gasteiger partial charge >= 0.3 is 0 Å². The molecule has 0 bridgehead atoms. The van der Waals surface area contributed by atoms with Crippen LogP contribution in [0.3, 0.4) is 0 Å². The number of rotatable bonds is 5. The fourth-order valence-corrected chi connectivity index (χ4v) is 3.43. The molecule has 0 saturated carbocycles. The lowest BCUT2D eigenvalue weighted by molar-refractivity contribution is 0.409. The van der Waals surface area contributed by atoms with Crippen molar-refractivity contribution in [3.05, 3.63) is 42.0 Å². The van der Waals surface area contributed by atoms with E-state index in [4.69, 9.17) is 4.52 Å². The van der Waals surface area contributed by atoms with Gasteiger partial charge in [-0.3, -0.25) is 0 Å². The fraction of sp³-hybridized carbons (Fsp3) is 0.385. The third-order valence-corrected chi connectivity index (χ3v) is 4.37. The molecule has 4 nitrogen and oxygen atoms in total. The fourth-order valence-electron chi connectivity index (χ4n) is 2.18. The SMILES string of the molecule is c1ccc2c(c1)SCC2CNCCc1ncon1. The van der Waals surface area contributed by atoms with Gasteiger partial charge in [0.15, 0.2) is 5.82 Å².